The number of halogens is 6. The number of carbonyl (C=O) groups excluding carboxylic acids is 1. The lowest BCUT2D eigenvalue weighted by Crippen LogP contribution is -2.47. The van der Waals surface area contributed by atoms with Crippen LogP contribution in [0.4, 0.5) is 26.3 Å². The van der Waals surface area contributed by atoms with Crippen LogP contribution in [-0.2, 0) is 14.3 Å². The van der Waals surface area contributed by atoms with E-state index in [0.717, 1.165) is 27.0 Å². The molecule has 1 heterocycles. The molecule has 1 aromatic rings. The molecule has 0 bridgehead atoms. The van der Waals surface area contributed by atoms with Crippen LogP contribution < -0.4 is 4.74 Å². The second kappa shape index (κ2) is 7.56. The van der Waals surface area contributed by atoms with Gasteiger partial charge in [-0.25, -0.2) is 18.0 Å². The molecule has 28 heavy (non-hydrogen) atoms. The quantitative estimate of drug-likeness (QED) is 0.503. The van der Waals surface area contributed by atoms with Crippen molar-refractivity contribution in [1.82, 2.24) is 0 Å². The maximum Gasteiger partial charge on any atom is 0.428 e. The summed E-state index contributed by atoms with van der Waals surface area (Å²) in [6, 6.07) is 1.64. The van der Waals surface area contributed by atoms with Crippen molar-refractivity contribution < 1.29 is 45.3 Å². The third kappa shape index (κ3) is 3.40. The van der Waals surface area contributed by atoms with Gasteiger partial charge in [0.1, 0.15) is 11.6 Å². The van der Waals surface area contributed by atoms with Gasteiger partial charge in [0, 0.05) is 17.1 Å². The summed E-state index contributed by atoms with van der Waals surface area (Å²) in [5, 5.41) is 0. The highest BCUT2D eigenvalue weighted by atomic mass is 19.4. The summed E-state index contributed by atoms with van der Waals surface area (Å²) in [5.74, 6) is -5.44. The van der Waals surface area contributed by atoms with Gasteiger partial charge in [0.2, 0.25) is 11.4 Å². The van der Waals surface area contributed by atoms with E-state index in [2.05, 4.69) is 0 Å². The number of hydrogen-bond donors (Lipinski definition) is 0. The number of benzene rings is 1. The molecule has 0 saturated heterocycles. The summed E-state index contributed by atoms with van der Waals surface area (Å²) in [5.41, 5.74) is -4.60. The minimum atomic E-state index is -4.90. The average molecular weight is 412 g/mol. The molecule has 0 fully saturated rings. The van der Waals surface area contributed by atoms with Crippen LogP contribution in [-0.4, -0.2) is 31.5 Å². The van der Waals surface area contributed by atoms with Gasteiger partial charge in [-0.1, -0.05) is 6.92 Å². The second-order valence-corrected chi connectivity index (χ2v) is 6.23. The lowest BCUT2D eigenvalue weighted by molar-refractivity contribution is -0.262. The summed E-state index contributed by atoms with van der Waals surface area (Å²) < 4.78 is 96.1. The van der Waals surface area contributed by atoms with Crippen LogP contribution in [0.2, 0.25) is 0 Å². The molecule has 0 spiro atoms. The van der Waals surface area contributed by atoms with Crippen molar-refractivity contribution in [2.24, 2.45) is 5.92 Å². The molecule has 1 aliphatic heterocycles. The van der Waals surface area contributed by atoms with Gasteiger partial charge in [-0.2, -0.15) is 13.2 Å². The number of alkyl halides is 5. The Bertz CT molecular complexity index is 802. The number of methoxy groups -OCH3 is 1. The van der Waals surface area contributed by atoms with E-state index < -0.39 is 53.0 Å². The molecule has 4 nitrogen and oxygen atoms in total. The maximum absolute atomic E-state index is 13.9. The molecule has 0 unspecified atom stereocenters. The van der Waals surface area contributed by atoms with E-state index in [0.29, 0.717) is 6.07 Å². The molecule has 0 amide bonds. The van der Waals surface area contributed by atoms with Crippen molar-refractivity contribution in [2.45, 2.75) is 39.0 Å². The van der Waals surface area contributed by atoms with Crippen molar-refractivity contribution in [3.8, 4) is 5.75 Å². The number of esters is 1. The summed E-state index contributed by atoms with van der Waals surface area (Å²) in [7, 11) is 0.970. The van der Waals surface area contributed by atoms with Crippen LogP contribution in [0.1, 0.15) is 38.3 Å². The molecule has 1 aliphatic rings. The van der Waals surface area contributed by atoms with Gasteiger partial charge < -0.3 is 14.2 Å². The van der Waals surface area contributed by atoms with E-state index in [9.17, 15) is 31.1 Å². The molecule has 0 radical (unpaired) electrons. The van der Waals surface area contributed by atoms with Crippen molar-refractivity contribution in [3.05, 3.63) is 34.8 Å². The molecule has 156 valence electrons. The first-order valence-corrected chi connectivity index (χ1v) is 8.22. The molecule has 10 heteroatoms. The predicted molar refractivity (Wildman–Crippen MR) is 86.2 cm³/mol. The van der Waals surface area contributed by atoms with E-state index in [1.54, 1.807) is 0 Å². The first kappa shape index (κ1) is 21.9. The zero-order valence-electron chi connectivity index (χ0n) is 15.4. The van der Waals surface area contributed by atoms with Gasteiger partial charge >= 0.3 is 12.1 Å². The summed E-state index contributed by atoms with van der Waals surface area (Å²) in [6.45, 7) is 3.14. The van der Waals surface area contributed by atoms with Gasteiger partial charge in [0.05, 0.1) is 19.3 Å². The monoisotopic (exact) mass is 412 g/mol. The highest BCUT2D eigenvalue weighted by molar-refractivity contribution is 5.98. The fourth-order valence-corrected chi connectivity index (χ4v) is 3.05. The molecule has 2 rings (SSSR count). The van der Waals surface area contributed by atoms with Crippen LogP contribution in [0, 0.1) is 11.7 Å². The minimum absolute atomic E-state index is 0.154. The summed E-state index contributed by atoms with van der Waals surface area (Å²) >= 11 is 0. The zero-order chi connectivity index (χ0) is 21.4. The molecule has 0 aliphatic carbocycles. The van der Waals surface area contributed by atoms with Crippen molar-refractivity contribution >= 4 is 11.5 Å². The molecule has 0 aromatic heterocycles. The molecular formula is C18H18F6O4. The first-order chi connectivity index (χ1) is 12.9. The standard InChI is InChI=1S/C18H18F6O4/c1-5-27-16(25)14-11(8(2)17(3,28-14)18(22,23)24)9-6-7-10(19)12(15(20)21)13(9)26-4/h6-8,15H,5H2,1-4H3/t8-,17+/m0/s1. The fraction of sp³-hybridized carbons (Fsp3) is 0.500. The SMILES string of the molecule is CCOC(=O)C1=C(c2ccc(F)c(C(F)F)c2OC)[C@H](C)[C@](C)(C(F)(F)F)O1. The Kier molecular flexibility index (Phi) is 5.91. The Labute approximate surface area is 157 Å². The fourth-order valence-electron chi connectivity index (χ4n) is 3.05. The molecule has 2 atom stereocenters. The second-order valence-electron chi connectivity index (χ2n) is 6.23. The van der Waals surface area contributed by atoms with Gasteiger partial charge in [0.15, 0.2) is 0 Å². The van der Waals surface area contributed by atoms with E-state index in [1.807, 2.05) is 0 Å². The van der Waals surface area contributed by atoms with Gasteiger partial charge in [-0.15, -0.1) is 0 Å². The Morgan fingerprint density at radius 3 is 2.39 bits per heavy atom. The molecule has 1 aromatic carbocycles. The Morgan fingerprint density at radius 1 is 1.32 bits per heavy atom. The number of carbonyl (C=O) groups is 1. The highest BCUT2D eigenvalue weighted by Gasteiger charge is 2.63. The summed E-state index contributed by atoms with van der Waals surface area (Å²) in [6.07, 6.45) is -8.20. The van der Waals surface area contributed by atoms with Crippen molar-refractivity contribution in [1.29, 1.82) is 0 Å². The van der Waals surface area contributed by atoms with Gasteiger partial charge in [0.25, 0.3) is 6.43 Å². The zero-order valence-corrected chi connectivity index (χ0v) is 15.4. The van der Waals surface area contributed by atoms with E-state index in [-0.39, 0.29) is 17.7 Å². The third-order valence-corrected chi connectivity index (χ3v) is 4.70. The lowest BCUT2D eigenvalue weighted by Gasteiger charge is -2.32. The van der Waals surface area contributed by atoms with E-state index in [4.69, 9.17) is 14.2 Å². The maximum atomic E-state index is 13.9. The predicted octanol–water partition coefficient (Wildman–Crippen LogP) is 5.03. The number of rotatable bonds is 5. The highest BCUT2D eigenvalue weighted by Crippen LogP contribution is 2.54. The molecular weight excluding hydrogens is 394 g/mol. The van der Waals surface area contributed by atoms with Crippen molar-refractivity contribution in [3.63, 3.8) is 0 Å². The normalized spacial score (nSPS) is 22.5. The van der Waals surface area contributed by atoms with E-state index in [1.165, 1.54) is 6.92 Å². The summed E-state index contributed by atoms with van der Waals surface area (Å²) in [4.78, 5) is 12.2. The first-order valence-electron chi connectivity index (χ1n) is 8.22. The largest absolute Gasteiger partial charge is 0.495 e. The molecule has 0 saturated carbocycles. The van der Waals surface area contributed by atoms with Crippen LogP contribution in [0.3, 0.4) is 0 Å². The van der Waals surface area contributed by atoms with Crippen LogP contribution in [0.5, 0.6) is 5.75 Å². The van der Waals surface area contributed by atoms with Crippen LogP contribution in [0.15, 0.2) is 17.9 Å². The topological polar surface area (TPSA) is 44.8 Å². The average Bonchev–Trinajstić information content (AvgIpc) is 2.87. The van der Waals surface area contributed by atoms with Gasteiger partial charge in [-0.05, 0) is 26.0 Å². The Hall–Kier alpha value is -2.39. The van der Waals surface area contributed by atoms with E-state index >= 15 is 0 Å². The number of ether oxygens (including phenoxy) is 3. The Morgan fingerprint density at radius 2 is 1.93 bits per heavy atom. The number of hydrogen-bond acceptors (Lipinski definition) is 4. The van der Waals surface area contributed by atoms with Gasteiger partial charge in [-0.3, -0.25) is 0 Å². The lowest BCUT2D eigenvalue weighted by atomic mass is 9.82. The third-order valence-electron chi connectivity index (χ3n) is 4.70. The molecule has 0 N–H and O–H groups in total. The Balaban J connectivity index is 2.79. The van der Waals surface area contributed by atoms with Crippen molar-refractivity contribution in [2.75, 3.05) is 13.7 Å². The smallest absolute Gasteiger partial charge is 0.428 e. The minimum Gasteiger partial charge on any atom is -0.495 e. The van der Waals surface area contributed by atoms with Crippen LogP contribution >= 0.6 is 0 Å². The van der Waals surface area contributed by atoms with Crippen LogP contribution in [0.25, 0.3) is 5.57 Å².